The Morgan fingerprint density at radius 1 is 1.43 bits per heavy atom. The van der Waals surface area contributed by atoms with Crippen molar-refractivity contribution >= 4 is 5.97 Å². The fourth-order valence-electron chi connectivity index (χ4n) is 1.63. The molecule has 0 fully saturated rings. The number of hydrogen-bond donors (Lipinski definition) is 2. The van der Waals surface area contributed by atoms with Crippen molar-refractivity contribution in [1.29, 1.82) is 0 Å². The van der Waals surface area contributed by atoms with Crippen LogP contribution in [-0.4, -0.2) is 49.2 Å². The highest BCUT2D eigenvalue weighted by Gasteiger charge is 2.20. The molecule has 0 aliphatic heterocycles. The molecule has 0 aromatic carbocycles. The maximum atomic E-state index is 10.8. The Labute approximate surface area is 124 Å². The van der Waals surface area contributed by atoms with Crippen LogP contribution in [-0.2, 0) is 20.7 Å². The maximum Gasteiger partial charge on any atom is 0.320 e. The molecule has 21 heavy (non-hydrogen) atoms. The summed E-state index contributed by atoms with van der Waals surface area (Å²) in [6.07, 6.45) is 2.08. The molecule has 0 radical (unpaired) electrons. The predicted octanol–water partition coefficient (Wildman–Crippen LogP) is 0.671. The van der Waals surface area contributed by atoms with Crippen LogP contribution in [0.1, 0.15) is 12.6 Å². The van der Waals surface area contributed by atoms with Gasteiger partial charge >= 0.3 is 5.97 Å². The van der Waals surface area contributed by atoms with E-state index >= 15 is 0 Å². The van der Waals surface area contributed by atoms with Gasteiger partial charge in [0, 0.05) is 12.8 Å². The molecule has 0 spiro atoms. The first-order chi connectivity index (χ1) is 10.0. The SMILES string of the molecule is COCCOCOc1ccc(CC(C)C(N)C(=O)O)nc1. The largest absolute Gasteiger partial charge is 0.480 e. The minimum Gasteiger partial charge on any atom is -0.480 e. The Bertz CT molecular complexity index is 424. The third kappa shape index (κ3) is 6.52. The number of nitrogens with zero attached hydrogens (tertiary/aromatic N) is 1. The van der Waals surface area contributed by atoms with Gasteiger partial charge in [0.15, 0.2) is 6.79 Å². The van der Waals surface area contributed by atoms with Crippen molar-refractivity contribution < 1.29 is 24.1 Å². The number of aromatic nitrogens is 1. The quantitative estimate of drug-likeness (QED) is 0.483. The van der Waals surface area contributed by atoms with E-state index in [1.165, 1.54) is 0 Å². The third-order valence-corrected chi connectivity index (χ3v) is 2.97. The van der Waals surface area contributed by atoms with Crippen molar-refractivity contribution in [3.63, 3.8) is 0 Å². The van der Waals surface area contributed by atoms with Gasteiger partial charge in [-0.05, 0) is 24.5 Å². The molecule has 0 saturated carbocycles. The number of pyridine rings is 1. The molecular formula is C14H22N2O5. The zero-order valence-electron chi connectivity index (χ0n) is 12.3. The summed E-state index contributed by atoms with van der Waals surface area (Å²) in [6, 6.07) is 2.66. The Morgan fingerprint density at radius 2 is 2.19 bits per heavy atom. The number of carbonyl (C=O) groups is 1. The Kier molecular flexibility index (Phi) is 7.66. The minimum atomic E-state index is -1.00. The molecule has 2 unspecified atom stereocenters. The highest BCUT2D eigenvalue weighted by molar-refractivity contribution is 5.73. The fourth-order valence-corrected chi connectivity index (χ4v) is 1.63. The summed E-state index contributed by atoms with van der Waals surface area (Å²) in [5, 5.41) is 8.85. The van der Waals surface area contributed by atoms with Crippen molar-refractivity contribution in [1.82, 2.24) is 4.98 Å². The summed E-state index contributed by atoms with van der Waals surface area (Å²) < 4.78 is 15.4. The lowest BCUT2D eigenvalue weighted by molar-refractivity contribution is -0.139. The van der Waals surface area contributed by atoms with Gasteiger partial charge < -0.3 is 25.1 Å². The number of carboxylic acid groups (broad SMARTS) is 1. The Balaban J connectivity index is 2.38. The number of aliphatic carboxylic acids is 1. The number of rotatable bonds is 10. The highest BCUT2D eigenvalue weighted by Crippen LogP contribution is 2.13. The molecule has 7 nitrogen and oxygen atoms in total. The zero-order valence-corrected chi connectivity index (χ0v) is 12.3. The van der Waals surface area contributed by atoms with E-state index in [1.54, 1.807) is 32.4 Å². The van der Waals surface area contributed by atoms with Crippen LogP contribution >= 0.6 is 0 Å². The lowest BCUT2D eigenvalue weighted by Crippen LogP contribution is -2.37. The molecule has 3 N–H and O–H groups in total. The van der Waals surface area contributed by atoms with Crippen LogP contribution in [0.15, 0.2) is 18.3 Å². The molecule has 1 heterocycles. The van der Waals surface area contributed by atoms with Crippen LogP contribution in [0.2, 0.25) is 0 Å². The molecule has 0 aliphatic carbocycles. The summed E-state index contributed by atoms with van der Waals surface area (Å²) in [7, 11) is 1.60. The molecule has 0 amide bonds. The normalized spacial score (nSPS) is 13.7. The van der Waals surface area contributed by atoms with Crippen LogP contribution in [0.3, 0.4) is 0 Å². The van der Waals surface area contributed by atoms with Crippen LogP contribution in [0.25, 0.3) is 0 Å². The van der Waals surface area contributed by atoms with E-state index in [9.17, 15) is 4.79 Å². The summed E-state index contributed by atoms with van der Waals surface area (Å²) >= 11 is 0. The fraction of sp³-hybridized carbons (Fsp3) is 0.571. The number of nitrogens with two attached hydrogens (primary N) is 1. The summed E-state index contributed by atoms with van der Waals surface area (Å²) in [5.74, 6) is -0.610. The zero-order chi connectivity index (χ0) is 15.7. The van der Waals surface area contributed by atoms with E-state index < -0.39 is 12.0 Å². The van der Waals surface area contributed by atoms with Crippen molar-refractivity contribution in [3.05, 3.63) is 24.0 Å². The van der Waals surface area contributed by atoms with Gasteiger partial charge in [0.25, 0.3) is 0 Å². The first-order valence-corrected chi connectivity index (χ1v) is 6.67. The van der Waals surface area contributed by atoms with Gasteiger partial charge in [0.05, 0.1) is 19.4 Å². The monoisotopic (exact) mass is 298 g/mol. The van der Waals surface area contributed by atoms with Crippen molar-refractivity contribution in [2.75, 3.05) is 27.1 Å². The van der Waals surface area contributed by atoms with Crippen LogP contribution in [0.5, 0.6) is 5.75 Å². The molecule has 0 saturated heterocycles. The minimum absolute atomic E-state index is 0.130. The molecule has 0 aliphatic rings. The Morgan fingerprint density at radius 3 is 2.76 bits per heavy atom. The Hall–Kier alpha value is -1.70. The van der Waals surface area contributed by atoms with E-state index in [4.69, 9.17) is 25.1 Å². The third-order valence-electron chi connectivity index (χ3n) is 2.97. The highest BCUT2D eigenvalue weighted by atomic mass is 16.7. The molecule has 118 valence electrons. The van der Waals surface area contributed by atoms with E-state index in [1.807, 2.05) is 0 Å². The number of hydrogen-bond acceptors (Lipinski definition) is 6. The first-order valence-electron chi connectivity index (χ1n) is 6.67. The summed E-state index contributed by atoms with van der Waals surface area (Å²) in [5.41, 5.74) is 6.33. The van der Waals surface area contributed by atoms with Crippen molar-refractivity contribution in [2.45, 2.75) is 19.4 Å². The van der Waals surface area contributed by atoms with E-state index in [-0.39, 0.29) is 12.7 Å². The van der Waals surface area contributed by atoms with Gasteiger partial charge in [-0.3, -0.25) is 9.78 Å². The van der Waals surface area contributed by atoms with Gasteiger partial charge in [-0.25, -0.2) is 0 Å². The molecule has 2 atom stereocenters. The molecule has 0 bridgehead atoms. The number of ether oxygens (including phenoxy) is 3. The van der Waals surface area contributed by atoms with E-state index in [0.717, 1.165) is 5.69 Å². The topological polar surface area (TPSA) is 104 Å². The second kappa shape index (κ2) is 9.28. The molecule has 7 heteroatoms. The molecular weight excluding hydrogens is 276 g/mol. The van der Waals surface area contributed by atoms with Crippen LogP contribution < -0.4 is 10.5 Å². The van der Waals surface area contributed by atoms with E-state index in [0.29, 0.717) is 25.4 Å². The van der Waals surface area contributed by atoms with Gasteiger partial charge in [0.1, 0.15) is 11.8 Å². The second-order valence-electron chi connectivity index (χ2n) is 4.69. The standard InChI is InChI=1S/C14H22N2O5/c1-10(13(15)14(17)18)7-11-3-4-12(8-16-11)21-9-20-6-5-19-2/h3-4,8,10,13H,5-7,9,15H2,1-2H3,(H,17,18). The number of methoxy groups -OCH3 is 1. The average Bonchev–Trinajstić information content (AvgIpc) is 2.47. The van der Waals surface area contributed by atoms with Gasteiger partial charge in [-0.1, -0.05) is 6.92 Å². The second-order valence-corrected chi connectivity index (χ2v) is 4.69. The lowest BCUT2D eigenvalue weighted by Gasteiger charge is -2.15. The van der Waals surface area contributed by atoms with Gasteiger partial charge in [-0.2, -0.15) is 0 Å². The van der Waals surface area contributed by atoms with E-state index in [2.05, 4.69) is 4.98 Å². The smallest absolute Gasteiger partial charge is 0.320 e. The average molecular weight is 298 g/mol. The first kappa shape index (κ1) is 17.4. The van der Waals surface area contributed by atoms with Crippen molar-refractivity contribution in [2.24, 2.45) is 11.7 Å². The molecule has 1 aromatic heterocycles. The van der Waals surface area contributed by atoms with Crippen LogP contribution in [0, 0.1) is 5.92 Å². The lowest BCUT2D eigenvalue weighted by atomic mass is 9.97. The summed E-state index contributed by atoms with van der Waals surface area (Å²) in [6.45, 7) is 2.90. The van der Waals surface area contributed by atoms with Crippen molar-refractivity contribution in [3.8, 4) is 5.75 Å². The maximum absolute atomic E-state index is 10.8. The van der Waals surface area contributed by atoms with Crippen LogP contribution in [0.4, 0.5) is 0 Å². The van der Waals surface area contributed by atoms with Gasteiger partial charge in [-0.15, -0.1) is 0 Å². The molecule has 1 aromatic rings. The predicted molar refractivity (Wildman–Crippen MR) is 76.0 cm³/mol. The summed E-state index contributed by atoms with van der Waals surface area (Å²) in [4.78, 5) is 15.0. The number of carboxylic acids is 1. The molecule has 1 rings (SSSR count). The van der Waals surface area contributed by atoms with Gasteiger partial charge in [0.2, 0.25) is 0 Å².